The lowest BCUT2D eigenvalue weighted by atomic mass is 9.85. The average Bonchev–Trinajstić information content (AvgIpc) is 2.84. The Morgan fingerprint density at radius 3 is 1.56 bits per heavy atom. The summed E-state index contributed by atoms with van der Waals surface area (Å²) in [4.78, 5) is 24.7. The first-order valence-corrected chi connectivity index (χ1v) is 14.2. The third kappa shape index (κ3) is 15.8. The van der Waals surface area contributed by atoms with Gasteiger partial charge in [-0.2, -0.15) is 0 Å². The summed E-state index contributed by atoms with van der Waals surface area (Å²) in [6.45, 7) is 3.42. The molecule has 0 rings (SSSR count). The van der Waals surface area contributed by atoms with Crippen LogP contribution < -0.4 is 0 Å². The van der Waals surface area contributed by atoms with E-state index >= 15 is 0 Å². The SMILES string of the molecule is CCCCCCCC/C=C\CCCCCCCC(=O)C(O)(CO)C(O)C(=O)CCCCCCC. The Hall–Kier alpha value is -1.04. The standard InChI is InChI=1S/C29H54O5/c1-3-5-7-9-10-11-12-13-14-15-16-17-18-20-22-24-27(32)29(34,25-30)28(33)26(31)23-21-19-8-6-4-2/h13-14,28,30,33-34H,3-12,15-25H2,1-2H3/b14-13-. The molecule has 0 heterocycles. The van der Waals surface area contributed by atoms with Crippen molar-refractivity contribution in [3.05, 3.63) is 12.2 Å². The lowest BCUT2D eigenvalue weighted by Gasteiger charge is -2.29. The Labute approximate surface area is 209 Å². The van der Waals surface area contributed by atoms with Gasteiger partial charge < -0.3 is 15.3 Å². The summed E-state index contributed by atoms with van der Waals surface area (Å²) >= 11 is 0. The molecular formula is C29H54O5. The van der Waals surface area contributed by atoms with Gasteiger partial charge in [0.1, 0.15) is 0 Å². The molecule has 0 aromatic heterocycles. The zero-order valence-electron chi connectivity index (χ0n) is 22.2. The van der Waals surface area contributed by atoms with Crippen molar-refractivity contribution in [3.63, 3.8) is 0 Å². The normalized spacial score (nSPS) is 14.4. The maximum Gasteiger partial charge on any atom is 0.178 e. The van der Waals surface area contributed by atoms with Gasteiger partial charge in [0, 0.05) is 12.8 Å². The Morgan fingerprint density at radius 2 is 1.09 bits per heavy atom. The first kappa shape index (κ1) is 33.0. The third-order valence-corrected chi connectivity index (χ3v) is 6.67. The third-order valence-electron chi connectivity index (χ3n) is 6.67. The minimum absolute atomic E-state index is 0.0655. The number of unbranched alkanes of at least 4 members (excludes halogenated alkanes) is 15. The molecule has 3 N–H and O–H groups in total. The molecular weight excluding hydrogens is 428 g/mol. The van der Waals surface area contributed by atoms with E-state index in [1.807, 2.05) is 0 Å². The highest BCUT2D eigenvalue weighted by molar-refractivity contribution is 5.96. The van der Waals surface area contributed by atoms with Gasteiger partial charge in [0.25, 0.3) is 0 Å². The van der Waals surface area contributed by atoms with Crippen molar-refractivity contribution in [2.75, 3.05) is 6.61 Å². The van der Waals surface area contributed by atoms with Gasteiger partial charge in [-0.05, 0) is 38.5 Å². The van der Waals surface area contributed by atoms with Crippen LogP contribution in [0, 0.1) is 0 Å². The predicted molar refractivity (Wildman–Crippen MR) is 141 cm³/mol. The highest BCUT2D eigenvalue weighted by atomic mass is 16.4. The molecule has 0 saturated heterocycles. The van der Waals surface area contributed by atoms with Crippen molar-refractivity contribution in [2.24, 2.45) is 0 Å². The second-order valence-corrected chi connectivity index (χ2v) is 9.87. The molecule has 34 heavy (non-hydrogen) atoms. The molecule has 2 unspecified atom stereocenters. The Bertz CT molecular complexity index is 531. The minimum Gasteiger partial charge on any atom is -0.393 e. The van der Waals surface area contributed by atoms with Gasteiger partial charge in [-0.3, -0.25) is 9.59 Å². The van der Waals surface area contributed by atoms with E-state index in [2.05, 4.69) is 26.0 Å². The summed E-state index contributed by atoms with van der Waals surface area (Å²) in [7, 11) is 0. The number of Topliss-reactive ketones (excluding diaryl/α,β-unsaturated/α-hetero) is 2. The van der Waals surface area contributed by atoms with E-state index in [0.717, 1.165) is 57.8 Å². The van der Waals surface area contributed by atoms with E-state index in [4.69, 9.17) is 0 Å². The van der Waals surface area contributed by atoms with Crippen molar-refractivity contribution in [2.45, 2.75) is 154 Å². The zero-order chi connectivity index (χ0) is 25.5. The lowest BCUT2D eigenvalue weighted by molar-refractivity contribution is -0.165. The largest absolute Gasteiger partial charge is 0.393 e. The monoisotopic (exact) mass is 482 g/mol. The number of hydrogen-bond acceptors (Lipinski definition) is 5. The molecule has 0 aliphatic heterocycles. The summed E-state index contributed by atoms with van der Waals surface area (Å²) in [5.41, 5.74) is -2.37. The summed E-state index contributed by atoms with van der Waals surface area (Å²) in [6.07, 6.45) is 22.6. The minimum atomic E-state index is -2.37. The molecule has 2 atom stereocenters. The molecule has 0 aromatic carbocycles. The molecule has 0 aliphatic carbocycles. The highest BCUT2D eigenvalue weighted by Gasteiger charge is 2.45. The van der Waals surface area contributed by atoms with Crippen LogP contribution in [0.5, 0.6) is 0 Å². The van der Waals surface area contributed by atoms with Gasteiger partial charge in [0.05, 0.1) is 6.61 Å². The Kier molecular flexibility index (Phi) is 21.7. The second-order valence-electron chi connectivity index (χ2n) is 9.87. The van der Waals surface area contributed by atoms with Crippen LogP contribution in [0.2, 0.25) is 0 Å². The van der Waals surface area contributed by atoms with E-state index in [9.17, 15) is 24.9 Å². The van der Waals surface area contributed by atoms with Gasteiger partial charge in [-0.15, -0.1) is 0 Å². The summed E-state index contributed by atoms with van der Waals surface area (Å²) < 4.78 is 0. The van der Waals surface area contributed by atoms with Gasteiger partial charge in [-0.1, -0.05) is 103 Å². The molecule has 0 aliphatic rings. The van der Waals surface area contributed by atoms with E-state index in [1.165, 1.54) is 44.9 Å². The number of aliphatic hydroxyl groups excluding tert-OH is 2. The van der Waals surface area contributed by atoms with Gasteiger partial charge >= 0.3 is 0 Å². The van der Waals surface area contributed by atoms with E-state index in [1.54, 1.807) is 0 Å². The fourth-order valence-corrected chi connectivity index (χ4v) is 4.21. The van der Waals surface area contributed by atoms with Crippen LogP contribution in [-0.4, -0.2) is 45.2 Å². The van der Waals surface area contributed by atoms with Gasteiger partial charge in [0.2, 0.25) is 0 Å². The Balaban J connectivity index is 3.93. The van der Waals surface area contributed by atoms with Crippen molar-refractivity contribution >= 4 is 11.6 Å². The molecule has 5 nitrogen and oxygen atoms in total. The van der Waals surface area contributed by atoms with Crippen LogP contribution >= 0.6 is 0 Å². The van der Waals surface area contributed by atoms with Gasteiger partial charge in [0.15, 0.2) is 23.3 Å². The number of rotatable bonds is 25. The van der Waals surface area contributed by atoms with Crippen LogP contribution in [0.15, 0.2) is 12.2 Å². The molecule has 0 aromatic rings. The van der Waals surface area contributed by atoms with Crippen LogP contribution in [0.3, 0.4) is 0 Å². The molecule has 200 valence electrons. The lowest BCUT2D eigenvalue weighted by Crippen LogP contribution is -2.55. The maximum absolute atomic E-state index is 12.5. The maximum atomic E-state index is 12.5. The first-order valence-electron chi connectivity index (χ1n) is 14.2. The molecule has 0 spiro atoms. The van der Waals surface area contributed by atoms with E-state index in [-0.39, 0.29) is 12.8 Å². The number of aliphatic hydroxyl groups is 3. The second kappa shape index (κ2) is 22.4. The average molecular weight is 483 g/mol. The van der Waals surface area contributed by atoms with Crippen molar-refractivity contribution in [1.82, 2.24) is 0 Å². The fourth-order valence-electron chi connectivity index (χ4n) is 4.21. The molecule has 0 fully saturated rings. The van der Waals surface area contributed by atoms with Crippen LogP contribution in [0.25, 0.3) is 0 Å². The van der Waals surface area contributed by atoms with Crippen molar-refractivity contribution in [1.29, 1.82) is 0 Å². The fraction of sp³-hybridized carbons (Fsp3) is 0.862. The quantitative estimate of drug-likeness (QED) is 0.101. The molecule has 5 heteroatoms. The van der Waals surface area contributed by atoms with Gasteiger partial charge in [-0.25, -0.2) is 0 Å². The smallest absolute Gasteiger partial charge is 0.178 e. The molecule has 0 amide bonds. The number of carbonyl (C=O) groups is 2. The number of ketones is 2. The highest BCUT2D eigenvalue weighted by Crippen LogP contribution is 2.20. The molecule has 0 bridgehead atoms. The summed E-state index contributed by atoms with van der Waals surface area (Å²) in [5.74, 6) is -1.20. The Morgan fingerprint density at radius 1 is 0.676 bits per heavy atom. The zero-order valence-corrected chi connectivity index (χ0v) is 22.2. The van der Waals surface area contributed by atoms with Crippen molar-refractivity contribution < 1.29 is 24.9 Å². The first-order chi connectivity index (χ1) is 16.4. The van der Waals surface area contributed by atoms with E-state index < -0.39 is 29.9 Å². The number of hydrogen-bond donors (Lipinski definition) is 3. The molecule has 0 saturated carbocycles. The topological polar surface area (TPSA) is 94.8 Å². The van der Waals surface area contributed by atoms with Crippen LogP contribution in [0.4, 0.5) is 0 Å². The van der Waals surface area contributed by atoms with Crippen molar-refractivity contribution in [3.8, 4) is 0 Å². The number of allylic oxidation sites excluding steroid dienone is 2. The number of carbonyl (C=O) groups excluding carboxylic acids is 2. The van der Waals surface area contributed by atoms with Crippen LogP contribution in [0.1, 0.15) is 142 Å². The predicted octanol–water partition coefficient (Wildman–Crippen LogP) is 6.61. The summed E-state index contributed by atoms with van der Waals surface area (Å²) in [6, 6.07) is 0. The van der Waals surface area contributed by atoms with Crippen LogP contribution in [-0.2, 0) is 9.59 Å². The molecule has 0 radical (unpaired) electrons. The summed E-state index contributed by atoms with van der Waals surface area (Å²) in [5, 5.41) is 30.3. The van der Waals surface area contributed by atoms with E-state index in [0.29, 0.717) is 12.8 Å².